The number of primary amides is 1. The Morgan fingerprint density at radius 2 is 1.96 bits per heavy atom. The summed E-state index contributed by atoms with van der Waals surface area (Å²) in [7, 11) is 1.82. The third-order valence-electron chi connectivity index (χ3n) is 5.04. The largest absolute Gasteiger partial charge is 0.370 e. The van der Waals surface area contributed by atoms with Crippen molar-refractivity contribution in [2.75, 3.05) is 26.7 Å². The molecule has 0 aromatic heterocycles. The Bertz CT molecular complexity index is 622. The topological polar surface area (TPSA) is 70.7 Å². The van der Waals surface area contributed by atoms with Crippen LogP contribution in [-0.4, -0.2) is 43.4 Å². The number of hydrogen-bond acceptors (Lipinski definition) is 2. The van der Waals surface area contributed by atoms with Crippen LogP contribution in [0, 0.1) is 5.92 Å². The van der Waals surface area contributed by atoms with Gasteiger partial charge in [0.15, 0.2) is 5.96 Å². The number of aliphatic imine (C=N–C) groups is 1. The number of piperidine rings is 1. The lowest BCUT2D eigenvalue weighted by molar-refractivity contribution is -0.119. The molecule has 0 aliphatic carbocycles. The molecular formula is C21H35IN4O. The minimum Gasteiger partial charge on any atom is -0.370 e. The van der Waals surface area contributed by atoms with Crippen LogP contribution in [0.25, 0.3) is 0 Å². The van der Waals surface area contributed by atoms with Crippen molar-refractivity contribution in [3.05, 3.63) is 35.4 Å². The van der Waals surface area contributed by atoms with E-state index in [1.165, 1.54) is 11.1 Å². The number of hydrogen-bond donors (Lipinski definition) is 2. The lowest BCUT2D eigenvalue weighted by Gasteiger charge is -2.34. The van der Waals surface area contributed by atoms with E-state index < -0.39 is 0 Å². The number of carbonyl (C=O) groups excluding carboxylic acids is 1. The lowest BCUT2D eigenvalue weighted by atomic mass is 9.86. The summed E-state index contributed by atoms with van der Waals surface area (Å²) in [5, 5.41) is 3.47. The van der Waals surface area contributed by atoms with Gasteiger partial charge < -0.3 is 16.0 Å². The second-order valence-corrected chi connectivity index (χ2v) is 8.30. The first-order chi connectivity index (χ1) is 12.3. The summed E-state index contributed by atoms with van der Waals surface area (Å²) in [5.74, 6) is 1.05. The van der Waals surface area contributed by atoms with Gasteiger partial charge in [-0.2, -0.15) is 0 Å². The number of nitrogens with two attached hydrogens (primary N) is 1. The summed E-state index contributed by atoms with van der Waals surface area (Å²) in [5.41, 5.74) is 8.23. The van der Waals surface area contributed by atoms with E-state index in [-0.39, 0.29) is 35.3 Å². The Hall–Kier alpha value is -1.31. The van der Waals surface area contributed by atoms with E-state index in [1.54, 1.807) is 0 Å². The van der Waals surface area contributed by atoms with Crippen molar-refractivity contribution in [3.8, 4) is 0 Å². The van der Waals surface area contributed by atoms with Crippen molar-refractivity contribution in [1.82, 2.24) is 10.2 Å². The molecule has 1 atom stereocenters. The smallest absolute Gasteiger partial charge is 0.217 e. The van der Waals surface area contributed by atoms with Gasteiger partial charge in [-0.05, 0) is 41.7 Å². The third-order valence-corrected chi connectivity index (χ3v) is 5.04. The van der Waals surface area contributed by atoms with Crippen molar-refractivity contribution >= 4 is 35.8 Å². The standard InChI is InChI=1S/C21H34N4O.HI/c1-21(2,3)18-9-7-16(8-10-18)11-12-24-20(23-4)25-13-5-6-17(15-25)14-19(22)26;/h7-10,17H,5-6,11-15H2,1-4H3,(H2,22,26)(H,23,24);1H. The minimum absolute atomic E-state index is 0. The molecule has 2 rings (SSSR count). The fraction of sp³-hybridized carbons (Fsp3) is 0.619. The Kier molecular flexibility index (Phi) is 9.56. The summed E-state index contributed by atoms with van der Waals surface area (Å²) in [4.78, 5) is 17.9. The molecule has 6 heteroatoms. The zero-order chi connectivity index (χ0) is 19.2. The highest BCUT2D eigenvalue weighted by molar-refractivity contribution is 14.0. The zero-order valence-electron chi connectivity index (χ0n) is 17.1. The average Bonchev–Trinajstić information content (AvgIpc) is 2.58. The fourth-order valence-corrected chi connectivity index (χ4v) is 3.53. The molecule has 1 unspecified atom stereocenters. The molecule has 1 aromatic rings. The zero-order valence-corrected chi connectivity index (χ0v) is 19.5. The average molecular weight is 486 g/mol. The number of nitrogens with one attached hydrogen (secondary N) is 1. The number of nitrogens with zero attached hydrogens (tertiary/aromatic N) is 2. The number of guanidine groups is 1. The molecule has 1 amide bonds. The molecule has 0 saturated carbocycles. The quantitative estimate of drug-likeness (QED) is 0.381. The molecule has 0 radical (unpaired) electrons. The van der Waals surface area contributed by atoms with Crippen LogP contribution in [0.15, 0.2) is 29.3 Å². The molecule has 5 nitrogen and oxygen atoms in total. The van der Waals surface area contributed by atoms with Gasteiger partial charge >= 0.3 is 0 Å². The molecule has 0 bridgehead atoms. The molecule has 27 heavy (non-hydrogen) atoms. The molecule has 1 aliphatic rings. The maximum atomic E-state index is 11.2. The SMILES string of the molecule is CN=C(NCCc1ccc(C(C)(C)C)cc1)N1CCCC(CC(N)=O)C1.I. The van der Waals surface area contributed by atoms with E-state index in [2.05, 4.69) is 60.2 Å². The second kappa shape index (κ2) is 10.9. The van der Waals surface area contributed by atoms with Crippen LogP contribution < -0.4 is 11.1 Å². The maximum Gasteiger partial charge on any atom is 0.217 e. The van der Waals surface area contributed by atoms with Crippen LogP contribution in [0.4, 0.5) is 0 Å². The van der Waals surface area contributed by atoms with E-state index in [0.29, 0.717) is 12.3 Å². The number of amides is 1. The molecule has 152 valence electrons. The molecule has 1 saturated heterocycles. The van der Waals surface area contributed by atoms with Crippen molar-refractivity contribution in [2.45, 2.75) is 51.9 Å². The van der Waals surface area contributed by atoms with Crippen LogP contribution in [0.2, 0.25) is 0 Å². The van der Waals surface area contributed by atoms with Gasteiger partial charge in [0.05, 0.1) is 0 Å². The highest BCUT2D eigenvalue weighted by Gasteiger charge is 2.23. The number of carbonyl (C=O) groups is 1. The summed E-state index contributed by atoms with van der Waals surface area (Å²) in [6.45, 7) is 9.38. The van der Waals surface area contributed by atoms with Gasteiger partial charge in [0.25, 0.3) is 0 Å². The first-order valence-corrected chi connectivity index (χ1v) is 9.63. The van der Waals surface area contributed by atoms with Gasteiger partial charge in [0.1, 0.15) is 0 Å². The normalized spacial score (nSPS) is 18.0. The van der Waals surface area contributed by atoms with Crippen molar-refractivity contribution in [3.63, 3.8) is 0 Å². The van der Waals surface area contributed by atoms with Gasteiger partial charge in [0.2, 0.25) is 5.91 Å². The van der Waals surface area contributed by atoms with Crippen molar-refractivity contribution < 1.29 is 4.79 Å². The predicted molar refractivity (Wildman–Crippen MR) is 124 cm³/mol. The highest BCUT2D eigenvalue weighted by Crippen LogP contribution is 2.22. The van der Waals surface area contributed by atoms with E-state index in [4.69, 9.17) is 5.73 Å². The van der Waals surface area contributed by atoms with Gasteiger partial charge in [0, 0.05) is 33.1 Å². The summed E-state index contributed by atoms with van der Waals surface area (Å²) in [6, 6.07) is 8.88. The number of benzene rings is 1. The Balaban J connectivity index is 0.00000364. The molecule has 1 aromatic carbocycles. The van der Waals surface area contributed by atoms with Gasteiger partial charge in [-0.15, -0.1) is 24.0 Å². The van der Waals surface area contributed by atoms with Gasteiger partial charge in [-0.3, -0.25) is 9.79 Å². The van der Waals surface area contributed by atoms with E-state index >= 15 is 0 Å². The number of halogens is 1. The first kappa shape index (κ1) is 23.7. The molecule has 1 aliphatic heterocycles. The Morgan fingerprint density at radius 3 is 2.52 bits per heavy atom. The Morgan fingerprint density at radius 1 is 1.30 bits per heavy atom. The Labute approximate surface area is 181 Å². The highest BCUT2D eigenvalue weighted by atomic mass is 127. The predicted octanol–water partition coefficient (Wildman–Crippen LogP) is 3.31. The summed E-state index contributed by atoms with van der Waals surface area (Å²) >= 11 is 0. The molecule has 1 heterocycles. The summed E-state index contributed by atoms with van der Waals surface area (Å²) < 4.78 is 0. The molecule has 0 spiro atoms. The van der Waals surface area contributed by atoms with Gasteiger partial charge in [-0.25, -0.2) is 0 Å². The maximum absolute atomic E-state index is 11.2. The van der Waals surface area contributed by atoms with E-state index in [1.807, 2.05) is 7.05 Å². The minimum atomic E-state index is -0.210. The fourth-order valence-electron chi connectivity index (χ4n) is 3.53. The summed E-state index contributed by atoms with van der Waals surface area (Å²) in [6.07, 6.45) is 3.57. The lowest BCUT2D eigenvalue weighted by Crippen LogP contribution is -2.47. The van der Waals surface area contributed by atoms with Gasteiger partial charge in [-0.1, -0.05) is 45.0 Å². The van der Waals surface area contributed by atoms with Crippen molar-refractivity contribution in [1.29, 1.82) is 0 Å². The van der Waals surface area contributed by atoms with E-state index in [0.717, 1.165) is 44.9 Å². The van der Waals surface area contributed by atoms with Crippen LogP contribution >= 0.6 is 24.0 Å². The number of rotatable bonds is 5. The van der Waals surface area contributed by atoms with Crippen LogP contribution in [0.1, 0.15) is 51.2 Å². The number of likely N-dealkylation sites (tertiary alicyclic amines) is 1. The third kappa shape index (κ3) is 7.68. The van der Waals surface area contributed by atoms with Crippen molar-refractivity contribution in [2.24, 2.45) is 16.6 Å². The molecular weight excluding hydrogens is 451 g/mol. The first-order valence-electron chi connectivity index (χ1n) is 9.63. The van der Waals surface area contributed by atoms with Crippen LogP contribution in [0.5, 0.6) is 0 Å². The second-order valence-electron chi connectivity index (χ2n) is 8.30. The molecule has 1 fully saturated rings. The monoisotopic (exact) mass is 486 g/mol. The molecule has 3 N–H and O–H groups in total. The van der Waals surface area contributed by atoms with Crippen LogP contribution in [-0.2, 0) is 16.6 Å². The van der Waals surface area contributed by atoms with Crippen LogP contribution in [0.3, 0.4) is 0 Å². The van der Waals surface area contributed by atoms with E-state index in [9.17, 15) is 4.79 Å².